The minimum absolute atomic E-state index is 0.116. The maximum atomic E-state index is 11.9. The van der Waals surface area contributed by atoms with Crippen molar-refractivity contribution in [3.8, 4) is 0 Å². The monoisotopic (exact) mass is 426 g/mol. The van der Waals surface area contributed by atoms with Crippen LogP contribution in [0.5, 0.6) is 0 Å². The lowest BCUT2D eigenvalue weighted by molar-refractivity contribution is -0.0379. The summed E-state index contributed by atoms with van der Waals surface area (Å²) in [5.74, 6) is -0.718. The van der Waals surface area contributed by atoms with E-state index in [0.717, 1.165) is 17.7 Å². The molecule has 0 radical (unpaired) electrons. The van der Waals surface area contributed by atoms with Crippen molar-refractivity contribution in [1.29, 1.82) is 0 Å². The van der Waals surface area contributed by atoms with Crippen LogP contribution in [-0.4, -0.2) is 53.0 Å². The lowest BCUT2D eigenvalue weighted by Crippen LogP contribution is -2.23. The molecular formula is C20H31FN4O3S. The summed E-state index contributed by atoms with van der Waals surface area (Å²) < 4.78 is 14.4. The van der Waals surface area contributed by atoms with Gasteiger partial charge in [-0.25, -0.2) is 14.4 Å². The summed E-state index contributed by atoms with van der Waals surface area (Å²) in [7, 11) is 1.25. The fraction of sp³-hybridized carbons (Fsp3) is 0.400. The molecule has 29 heavy (non-hydrogen) atoms. The van der Waals surface area contributed by atoms with E-state index in [-0.39, 0.29) is 18.1 Å². The average Bonchev–Trinajstić information content (AvgIpc) is 2.71. The molecule has 7 nitrogen and oxygen atoms in total. The molecule has 1 aromatic heterocycles. The molecule has 0 saturated heterocycles. The van der Waals surface area contributed by atoms with Crippen LogP contribution < -0.4 is 10.0 Å². The molecule has 0 fully saturated rings. The van der Waals surface area contributed by atoms with Crippen molar-refractivity contribution in [2.75, 3.05) is 32.1 Å². The first-order valence-corrected chi connectivity index (χ1v) is 9.90. The number of nitrogens with zero attached hydrogens (tertiary/aromatic N) is 2. The molecule has 0 aliphatic rings. The van der Waals surface area contributed by atoms with Gasteiger partial charge in [0.2, 0.25) is 0 Å². The molecule has 0 bridgehead atoms. The van der Waals surface area contributed by atoms with Gasteiger partial charge in [0.1, 0.15) is 5.69 Å². The minimum atomic E-state index is -0.597. The number of rotatable bonds is 11. The van der Waals surface area contributed by atoms with Crippen molar-refractivity contribution >= 4 is 28.4 Å². The van der Waals surface area contributed by atoms with Crippen LogP contribution in [0.2, 0.25) is 0 Å². The Bertz CT molecular complexity index is 692. The van der Waals surface area contributed by atoms with Gasteiger partial charge in [-0.15, -0.1) is 6.58 Å². The number of pyridine rings is 1. The number of allylic oxidation sites excluding steroid dienone is 2. The second-order valence-electron chi connectivity index (χ2n) is 5.82. The molecule has 1 heterocycles. The highest BCUT2D eigenvalue weighted by atomic mass is 32.2. The zero-order valence-corrected chi connectivity index (χ0v) is 18.1. The number of carbonyl (C=O) groups excluding carboxylic acids is 1. The highest BCUT2D eigenvalue weighted by Gasteiger charge is 2.16. The van der Waals surface area contributed by atoms with E-state index in [1.54, 1.807) is 25.3 Å². The average molecular weight is 427 g/mol. The Morgan fingerprint density at radius 1 is 1.45 bits per heavy atom. The van der Waals surface area contributed by atoms with Gasteiger partial charge in [-0.1, -0.05) is 18.7 Å². The van der Waals surface area contributed by atoms with Gasteiger partial charge in [0.05, 0.1) is 17.7 Å². The van der Waals surface area contributed by atoms with Crippen molar-refractivity contribution in [3.05, 3.63) is 54.7 Å². The van der Waals surface area contributed by atoms with Crippen molar-refractivity contribution in [1.82, 2.24) is 14.8 Å². The standard InChI is InChI=1S/C16H24N4O3S.C4H7F/c1-4-5-7-17-15-11-18-14(16(22)20(3)23)10-13(15)12(2)24-19-8-6-9-21;1-3-4(2)5/h4,10-11,17,19,21,23H,1-2,5-9H2,3H3;3H,1-2H3/b;4-3+. The molecule has 0 saturated carbocycles. The topological polar surface area (TPSA) is 97.7 Å². The Kier molecular flexibility index (Phi) is 14.5. The molecule has 0 aromatic carbocycles. The van der Waals surface area contributed by atoms with E-state index in [2.05, 4.69) is 28.2 Å². The number of amides is 1. The van der Waals surface area contributed by atoms with Crippen LogP contribution in [0.1, 0.15) is 42.7 Å². The number of hydrogen-bond acceptors (Lipinski definition) is 7. The van der Waals surface area contributed by atoms with E-state index in [1.165, 1.54) is 32.0 Å². The molecule has 0 spiro atoms. The smallest absolute Gasteiger partial charge is 0.295 e. The van der Waals surface area contributed by atoms with Gasteiger partial charge in [0.25, 0.3) is 5.91 Å². The van der Waals surface area contributed by atoms with E-state index in [9.17, 15) is 14.4 Å². The molecule has 4 N–H and O–H groups in total. The maximum absolute atomic E-state index is 11.9. The number of carbonyl (C=O) groups is 1. The van der Waals surface area contributed by atoms with Gasteiger partial charge in [-0.3, -0.25) is 14.7 Å². The van der Waals surface area contributed by atoms with E-state index in [4.69, 9.17) is 5.11 Å². The van der Waals surface area contributed by atoms with Gasteiger partial charge < -0.3 is 10.4 Å². The fourth-order valence-corrected chi connectivity index (χ4v) is 2.46. The summed E-state index contributed by atoms with van der Waals surface area (Å²) in [6.45, 7) is 12.2. The second kappa shape index (κ2) is 15.7. The third-order valence-corrected chi connectivity index (χ3v) is 4.23. The quantitative estimate of drug-likeness (QED) is 0.140. The lowest BCUT2D eigenvalue weighted by Gasteiger charge is -2.15. The zero-order chi connectivity index (χ0) is 22.2. The molecule has 0 aliphatic heterocycles. The second-order valence-corrected chi connectivity index (χ2v) is 6.81. The molecule has 1 amide bonds. The molecule has 1 rings (SSSR count). The number of aliphatic hydroxyl groups excluding tert-OH is 1. The number of aromatic nitrogens is 1. The summed E-state index contributed by atoms with van der Waals surface area (Å²) in [6, 6.07) is 1.59. The lowest BCUT2D eigenvalue weighted by atomic mass is 10.1. The predicted molar refractivity (Wildman–Crippen MR) is 118 cm³/mol. The third kappa shape index (κ3) is 11.4. The molecule has 162 valence electrons. The number of halogens is 1. The molecule has 9 heteroatoms. The minimum Gasteiger partial charge on any atom is -0.396 e. The van der Waals surface area contributed by atoms with Gasteiger partial charge in [0.15, 0.2) is 0 Å². The van der Waals surface area contributed by atoms with Gasteiger partial charge in [0, 0.05) is 37.2 Å². The van der Waals surface area contributed by atoms with Crippen molar-refractivity contribution < 1.29 is 19.5 Å². The van der Waals surface area contributed by atoms with Gasteiger partial charge in [-0.05, 0) is 44.7 Å². The van der Waals surface area contributed by atoms with Crippen LogP contribution in [0.3, 0.4) is 0 Å². The molecule has 0 atom stereocenters. The van der Waals surface area contributed by atoms with Crippen molar-refractivity contribution in [2.45, 2.75) is 26.7 Å². The first-order chi connectivity index (χ1) is 13.8. The summed E-state index contributed by atoms with van der Waals surface area (Å²) >= 11 is 1.32. The highest BCUT2D eigenvalue weighted by molar-refractivity contribution is 8.06. The van der Waals surface area contributed by atoms with E-state index in [0.29, 0.717) is 29.5 Å². The van der Waals surface area contributed by atoms with Gasteiger partial charge in [-0.2, -0.15) is 0 Å². The Labute approximate surface area is 176 Å². The molecule has 0 aliphatic carbocycles. The largest absolute Gasteiger partial charge is 0.396 e. The summed E-state index contributed by atoms with van der Waals surface area (Å²) in [5, 5.41) is 21.8. The Morgan fingerprint density at radius 3 is 2.62 bits per heavy atom. The number of aliphatic hydroxyl groups is 1. The SMILES string of the molecule is C/C=C(\C)F.C=CCCNc1cnc(C(=O)N(C)O)cc1C(=C)SNCCCO. The van der Waals surface area contributed by atoms with Crippen LogP contribution in [0.15, 0.2) is 43.4 Å². The van der Waals surface area contributed by atoms with Crippen LogP contribution in [0, 0.1) is 0 Å². The predicted octanol–water partition coefficient (Wildman–Crippen LogP) is 4.00. The van der Waals surface area contributed by atoms with Crippen LogP contribution in [0.25, 0.3) is 4.91 Å². The molecule has 0 unspecified atom stereocenters. The van der Waals surface area contributed by atoms with E-state index >= 15 is 0 Å². The van der Waals surface area contributed by atoms with E-state index in [1.807, 2.05) is 0 Å². The maximum Gasteiger partial charge on any atom is 0.295 e. The highest BCUT2D eigenvalue weighted by Crippen LogP contribution is 2.30. The molecule has 1 aromatic rings. The normalized spacial score (nSPS) is 10.6. The Morgan fingerprint density at radius 2 is 2.10 bits per heavy atom. The third-order valence-electron chi connectivity index (χ3n) is 3.41. The number of hydrogen-bond donors (Lipinski definition) is 4. The van der Waals surface area contributed by atoms with E-state index < -0.39 is 5.91 Å². The first kappa shape index (κ1) is 26.8. The number of anilines is 1. The van der Waals surface area contributed by atoms with Gasteiger partial charge >= 0.3 is 0 Å². The van der Waals surface area contributed by atoms with Crippen molar-refractivity contribution in [2.24, 2.45) is 0 Å². The molecular weight excluding hydrogens is 395 g/mol. The number of nitrogens with one attached hydrogen (secondary N) is 2. The van der Waals surface area contributed by atoms with Crippen molar-refractivity contribution in [3.63, 3.8) is 0 Å². The number of hydroxylamine groups is 2. The fourth-order valence-electron chi connectivity index (χ4n) is 1.76. The van der Waals surface area contributed by atoms with Crippen LogP contribution in [-0.2, 0) is 0 Å². The van der Waals surface area contributed by atoms with Crippen LogP contribution >= 0.6 is 11.9 Å². The zero-order valence-electron chi connectivity index (χ0n) is 17.2. The Balaban J connectivity index is 0.00000139. The summed E-state index contributed by atoms with van der Waals surface area (Å²) in [6.07, 6.45) is 6.20. The summed E-state index contributed by atoms with van der Waals surface area (Å²) in [4.78, 5) is 16.7. The van der Waals surface area contributed by atoms with Crippen LogP contribution in [0.4, 0.5) is 10.1 Å². The summed E-state index contributed by atoms with van der Waals surface area (Å²) in [5.41, 5.74) is 1.59. The first-order valence-electron chi connectivity index (χ1n) is 9.08. The Hall–Kier alpha value is -2.20.